The first-order valence-corrected chi connectivity index (χ1v) is 5.71. The number of aryl methyl sites for hydroxylation is 1. The summed E-state index contributed by atoms with van der Waals surface area (Å²) in [5.41, 5.74) is 8.52. The minimum Gasteiger partial charge on any atom is -0.497 e. The van der Waals surface area contributed by atoms with Crippen molar-refractivity contribution in [1.82, 2.24) is 4.98 Å². The number of nitrogen functional groups attached to an aromatic ring is 1. The lowest BCUT2D eigenvalue weighted by molar-refractivity contribution is 0.415. The number of anilines is 3. The van der Waals surface area contributed by atoms with E-state index in [1.165, 1.54) is 0 Å². The Bertz CT molecular complexity index is 554. The van der Waals surface area contributed by atoms with Crippen LogP contribution in [0.4, 0.5) is 17.2 Å². The molecule has 18 heavy (non-hydrogen) atoms. The number of nitrogens with two attached hydrogens (primary N) is 1. The number of pyridine rings is 1. The average Bonchev–Trinajstić information content (AvgIpc) is 2.41. The summed E-state index contributed by atoms with van der Waals surface area (Å²) >= 11 is 0. The van der Waals surface area contributed by atoms with Gasteiger partial charge in [-0.25, -0.2) is 4.98 Å². The highest BCUT2D eigenvalue weighted by atomic mass is 16.5. The van der Waals surface area contributed by atoms with Gasteiger partial charge in [0.1, 0.15) is 11.6 Å². The Labute approximate surface area is 107 Å². The van der Waals surface area contributed by atoms with Crippen molar-refractivity contribution >= 4 is 17.2 Å². The molecule has 0 amide bonds. The number of hydrogen-bond acceptors (Lipinski definition) is 4. The molecule has 0 bridgehead atoms. The first-order valence-electron chi connectivity index (χ1n) is 5.71. The van der Waals surface area contributed by atoms with Crippen molar-refractivity contribution < 1.29 is 4.74 Å². The smallest absolute Gasteiger partial charge is 0.133 e. The molecule has 0 radical (unpaired) electrons. The molecule has 0 atom stereocenters. The lowest BCUT2D eigenvalue weighted by Gasteiger charge is -2.19. The number of ether oxygens (including phenoxy) is 1. The summed E-state index contributed by atoms with van der Waals surface area (Å²) in [6.45, 7) is 1.97. The van der Waals surface area contributed by atoms with Crippen molar-refractivity contribution in [2.45, 2.75) is 6.92 Å². The number of aromatic nitrogens is 1. The molecule has 4 nitrogen and oxygen atoms in total. The molecule has 94 valence electrons. The van der Waals surface area contributed by atoms with Crippen LogP contribution in [0.25, 0.3) is 0 Å². The Kier molecular flexibility index (Phi) is 3.37. The van der Waals surface area contributed by atoms with Gasteiger partial charge in [0.2, 0.25) is 0 Å². The van der Waals surface area contributed by atoms with Crippen LogP contribution in [0.2, 0.25) is 0 Å². The molecule has 0 aliphatic rings. The van der Waals surface area contributed by atoms with Gasteiger partial charge < -0.3 is 15.4 Å². The van der Waals surface area contributed by atoms with Gasteiger partial charge >= 0.3 is 0 Å². The van der Waals surface area contributed by atoms with E-state index in [1.807, 2.05) is 49.2 Å². The summed E-state index contributed by atoms with van der Waals surface area (Å²) in [5, 5.41) is 0. The van der Waals surface area contributed by atoms with Crippen LogP contribution in [0.5, 0.6) is 5.75 Å². The molecule has 0 spiro atoms. The molecule has 1 aromatic carbocycles. The van der Waals surface area contributed by atoms with E-state index in [4.69, 9.17) is 10.5 Å². The van der Waals surface area contributed by atoms with Crippen molar-refractivity contribution in [3.05, 3.63) is 42.1 Å². The van der Waals surface area contributed by atoms with E-state index >= 15 is 0 Å². The Hall–Kier alpha value is -2.23. The predicted molar refractivity (Wildman–Crippen MR) is 74.4 cm³/mol. The lowest BCUT2D eigenvalue weighted by atomic mass is 10.2. The van der Waals surface area contributed by atoms with Crippen molar-refractivity contribution in [2.75, 3.05) is 24.8 Å². The summed E-state index contributed by atoms with van der Waals surface area (Å²) in [6.07, 6.45) is 1.68. The molecule has 0 aliphatic heterocycles. The second-order valence-corrected chi connectivity index (χ2v) is 4.16. The van der Waals surface area contributed by atoms with Crippen LogP contribution in [-0.2, 0) is 0 Å². The molecule has 0 saturated carbocycles. The fraction of sp³-hybridized carbons (Fsp3) is 0.214. The number of hydrogen-bond donors (Lipinski definition) is 1. The first kappa shape index (κ1) is 12.2. The Morgan fingerprint density at radius 2 is 2.06 bits per heavy atom. The van der Waals surface area contributed by atoms with Crippen molar-refractivity contribution in [3.8, 4) is 5.75 Å². The Morgan fingerprint density at radius 1 is 1.28 bits per heavy atom. The molecule has 0 saturated heterocycles. The number of benzene rings is 1. The van der Waals surface area contributed by atoms with Gasteiger partial charge in [0.25, 0.3) is 0 Å². The molecule has 1 aromatic heterocycles. The summed E-state index contributed by atoms with van der Waals surface area (Å²) in [4.78, 5) is 6.33. The molecule has 1 heterocycles. The number of nitrogens with zero attached hydrogens (tertiary/aromatic N) is 2. The number of methoxy groups -OCH3 is 1. The van der Waals surface area contributed by atoms with Crippen molar-refractivity contribution in [2.24, 2.45) is 0 Å². The highest BCUT2D eigenvalue weighted by Crippen LogP contribution is 2.26. The second-order valence-electron chi connectivity index (χ2n) is 4.16. The Morgan fingerprint density at radius 3 is 2.72 bits per heavy atom. The zero-order valence-corrected chi connectivity index (χ0v) is 10.8. The van der Waals surface area contributed by atoms with E-state index < -0.39 is 0 Å². The first-order chi connectivity index (χ1) is 8.61. The maximum absolute atomic E-state index is 5.77. The predicted octanol–water partition coefficient (Wildman–Crippen LogP) is 2.75. The Balaban J connectivity index is 2.34. The second kappa shape index (κ2) is 4.96. The molecule has 2 aromatic rings. The fourth-order valence-electron chi connectivity index (χ4n) is 1.69. The van der Waals surface area contributed by atoms with Crippen LogP contribution >= 0.6 is 0 Å². The van der Waals surface area contributed by atoms with Gasteiger partial charge in [-0.15, -0.1) is 0 Å². The monoisotopic (exact) mass is 243 g/mol. The standard InChI is InChI=1S/C14H17N3O/c1-10-7-14(16-9-13(10)15)17(2)11-5-4-6-12(8-11)18-3/h4-9H,15H2,1-3H3. The SMILES string of the molecule is COc1cccc(N(C)c2cc(C)c(N)cn2)c1. The lowest BCUT2D eigenvalue weighted by Crippen LogP contribution is -2.11. The van der Waals surface area contributed by atoms with Gasteiger partial charge in [-0.05, 0) is 30.7 Å². The van der Waals surface area contributed by atoms with Gasteiger partial charge in [0, 0.05) is 18.8 Å². The van der Waals surface area contributed by atoms with E-state index in [0.29, 0.717) is 5.69 Å². The molecule has 2 rings (SSSR count). The van der Waals surface area contributed by atoms with E-state index in [-0.39, 0.29) is 0 Å². The van der Waals surface area contributed by atoms with Gasteiger partial charge in [0.05, 0.1) is 19.0 Å². The molecule has 0 aliphatic carbocycles. The van der Waals surface area contributed by atoms with Gasteiger partial charge in [-0.3, -0.25) is 0 Å². The van der Waals surface area contributed by atoms with E-state index in [2.05, 4.69) is 4.98 Å². The van der Waals surface area contributed by atoms with Crippen LogP contribution in [0.15, 0.2) is 36.5 Å². The highest BCUT2D eigenvalue weighted by Gasteiger charge is 2.07. The maximum atomic E-state index is 5.77. The van der Waals surface area contributed by atoms with Crippen LogP contribution in [0.1, 0.15) is 5.56 Å². The summed E-state index contributed by atoms with van der Waals surface area (Å²) in [5.74, 6) is 1.68. The van der Waals surface area contributed by atoms with Crippen LogP contribution in [0.3, 0.4) is 0 Å². The normalized spacial score (nSPS) is 10.2. The molecule has 2 N–H and O–H groups in total. The summed E-state index contributed by atoms with van der Waals surface area (Å²) in [6, 6.07) is 9.81. The molecular formula is C14H17N3O. The molecule has 0 unspecified atom stereocenters. The summed E-state index contributed by atoms with van der Waals surface area (Å²) < 4.78 is 5.22. The zero-order chi connectivity index (χ0) is 13.1. The quantitative estimate of drug-likeness (QED) is 0.900. The van der Waals surface area contributed by atoms with Gasteiger partial charge in [0.15, 0.2) is 0 Å². The van der Waals surface area contributed by atoms with E-state index in [1.54, 1.807) is 13.3 Å². The third-order valence-electron chi connectivity index (χ3n) is 2.92. The van der Waals surface area contributed by atoms with Crippen LogP contribution < -0.4 is 15.4 Å². The molecule has 0 fully saturated rings. The van der Waals surface area contributed by atoms with Crippen molar-refractivity contribution in [3.63, 3.8) is 0 Å². The summed E-state index contributed by atoms with van der Waals surface area (Å²) in [7, 11) is 3.62. The minimum atomic E-state index is 0.706. The molecular weight excluding hydrogens is 226 g/mol. The minimum absolute atomic E-state index is 0.706. The van der Waals surface area contributed by atoms with Gasteiger partial charge in [-0.1, -0.05) is 6.07 Å². The third-order valence-corrected chi connectivity index (χ3v) is 2.92. The number of rotatable bonds is 3. The third kappa shape index (κ3) is 2.37. The maximum Gasteiger partial charge on any atom is 0.133 e. The van der Waals surface area contributed by atoms with Crippen LogP contribution in [0, 0.1) is 6.92 Å². The average molecular weight is 243 g/mol. The topological polar surface area (TPSA) is 51.4 Å². The van der Waals surface area contributed by atoms with E-state index in [0.717, 1.165) is 22.8 Å². The van der Waals surface area contributed by atoms with Crippen LogP contribution in [-0.4, -0.2) is 19.1 Å². The highest BCUT2D eigenvalue weighted by molar-refractivity contribution is 5.63. The van der Waals surface area contributed by atoms with Gasteiger partial charge in [-0.2, -0.15) is 0 Å². The van der Waals surface area contributed by atoms with Crippen molar-refractivity contribution in [1.29, 1.82) is 0 Å². The largest absolute Gasteiger partial charge is 0.497 e. The fourth-order valence-corrected chi connectivity index (χ4v) is 1.69. The van der Waals surface area contributed by atoms with E-state index in [9.17, 15) is 0 Å². The zero-order valence-electron chi connectivity index (χ0n) is 10.8. The molecule has 4 heteroatoms.